The first kappa shape index (κ1) is 14.2. The third kappa shape index (κ3) is 3.09. The summed E-state index contributed by atoms with van der Waals surface area (Å²) in [7, 11) is 11.1. The molecule has 2 N–H and O–H groups in total. The molecule has 0 aromatic carbocycles. The summed E-state index contributed by atoms with van der Waals surface area (Å²) in [5.41, 5.74) is 0. The Morgan fingerprint density at radius 2 is 1.82 bits per heavy atom. The number of hydrogen-bond acceptors (Lipinski definition) is 8. The number of nitrogens with zero attached hydrogens (tertiary/aromatic N) is 2. The van der Waals surface area contributed by atoms with E-state index in [1.165, 1.54) is 7.11 Å². The summed E-state index contributed by atoms with van der Waals surface area (Å²) in [6.07, 6.45) is -5.05. The van der Waals surface area contributed by atoms with Gasteiger partial charge in [0.05, 0.1) is 0 Å². The Morgan fingerprint density at radius 3 is 2.29 bits per heavy atom. The quantitative estimate of drug-likeness (QED) is 0.413. The molecule has 1 rings (SSSR count). The summed E-state index contributed by atoms with van der Waals surface area (Å²) in [6.45, 7) is -0.433. The Balaban J connectivity index is 2.87. The Bertz CT molecular complexity index is 271. The first-order valence-electron chi connectivity index (χ1n) is 4.78. The molecule has 92 valence electrons. The molecule has 1 fully saturated rings. The SMILES string of the molecule is [B]=NOC1C(OC)OC(CO)C(O)C1ON=[B]. The predicted octanol–water partition coefficient (Wildman–Crippen LogP) is -1.98. The van der Waals surface area contributed by atoms with Crippen molar-refractivity contribution in [2.24, 2.45) is 10.1 Å². The van der Waals surface area contributed by atoms with Gasteiger partial charge >= 0.3 is 99.2 Å². The molecule has 1 saturated heterocycles. The van der Waals surface area contributed by atoms with Crippen LogP contribution in [-0.2, 0) is 19.1 Å². The second-order valence-corrected chi connectivity index (χ2v) is 3.30. The van der Waals surface area contributed by atoms with E-state index in [0.717, 1.165) is 0 Å². The molecular weight excluding hydrogens is 230 g/mol. The van der Waals surface area contributed by atoms with Gasteiger partial charge in [-0.15, -0.1) is 0 Å². The van der Waals surface area contributed by atoms with E-state index in [1.54, 1.807) is 0 Å². The van der Waals surface area contributed by atoms with Crippen LogP contribution in [0.5, 0.6) is 0 Å². The van der Waals surface area contributed by atoms with Gasteiger partial charge in [-0.25, -0.2) is 0 Å². The van der Waals surface area contributed by atoms with E-state index in [0.29, 0.717) is 0 Å². The standard InChI is InChI=1S/C7H12B2N2O6/c1-14-7-6(17-11-9)5(16-10-8)4(13)3(2-12)15-7/h3-7,12-13H,2H2,1H3. The van der Waals surface area contributed by atoms with Crippen molar-refractivity contribution >= 4 is 15.3 Å². The molecule has 0 aromatic rings. The van der Waals surface area contributed by atoms with Crippen molar-refractivity contribution in [3.63, 3.8) is 0 Å². The zero-order valence-corrected chi connectivity index (χ0v) is 9.17. The minimum atomic E-state index is -1.22. The fraction of sp³-hybridized carbons (Fsp3) is 1.00. The number of rotatable bonds is 6. The molecule has 5 unspecified atom stereocenters. The molecule has 0 spiro atoms. The van der Waals surface area contributed by atoms with Crippen LogP contribution in [-0.4, -0.2) is 69.9 Å². The van der Waals surface area contributed by atoms with Crippen LogP contribution < -0.4 is 0 Å². The molecule has 17 heavy (non-hydrogen) atoms. The number of aliphatic hydroxyl groups excluding tert-OH is 2. The molecule has 1 aliphatic rings. The maximum atomic E-state index is 9.83. The van der Waals surface area contributed by atoms with Crippen molar-refractivity contribution in [3.8, 4) is 0 Å². The van der Waals surface area contributed by atoms with Gasteiger partial charge in [-0.1, -0.05) is 0 Å². The summed E-state index contributed by atoms with van der Waals surface area (Å²) in [5.74, 6) is 0. The van der Waals surface area contributed by atoms with Crippen molar-refractivity contribution in [2.45, 2.75) is 30.7 Å². The zero-order chi connectivity index (χ0) is 12.8. The Labute approximate surface area is 100.0 Å². The fourth-order valence-corrected chi connectivity index (χ4v) is 1.60. The second-order valence-electron chi connectivity index (χ2n) is 3.30. The molecule has 1 aliphatic heterocycles. The molecule has 0 bridgehead atoms. The predicted molar refractivity (Wildman–Crippen MR) is 54.9 cm³/mol. The monoisotopic (exact) mass is 242 g/mol. The van der Waals surface area contributed by atoms with Crippen LogP contribution in [0.1, 0.15) is 0 Å². The van der Waals surface area contributed by atoms with Crippen LogP contribution in [0, 0.1) is 0 Å². The van der Waals surface area contributed by atoms with Gasteiger partial charge in [0.2, 0.25) is 0 Å². The van der Waals surface area contributed by atoms with Gasteiger partial charge in [-0.2, -0.15) is 0 Å². The average molecular weight is 242 g/mol. The molecule has 1 heterocycles. The average Bonchev–Trinajstić information content (AvgIpc) is 2.34. The van der Waals surface area contributed by atoms with E-state index in [4.69, 9.17) is 39.5 Å². The van der Waals surface area contributed by atoms with E-state index in [9.17, 15) is 5.11 Å². The summed E-state index contributed by atoms with van der Waals surface area (Å²) in [4.78, 5) is 9.55. The topological polar surface area (TPSA) is 102 Å². The Morgan fingerprint density at radius 1 is 1.24 bits per heavy atom. The first-order chi connectivity index (χ1) is 8.19. The van der Waals surface area contributed by atoms with Crippen LogP contribution in [0.2, 0.25) is 0 Å². The fourth-order valence-electron chi connectivity index (χ4n) is 1.60. The van der Waals surface area contributed by atoms with Crippen LogP contribution in [0.3, 0.4) is 0 Å². The van der Waals surface area contributed by atoms with E-state index in [2.05, 4.69) is 10.1 Å². The summed E-state index contributed by atoms with van der Waals surface area (Å²) in [6, 6.07) is 0. The zero-order valence-electron chi connectivity index (χ0n) is 9.17. The normalized spacial score (nSPS) is 37.1. The molecule has 0 aromatic heterocycles. The third-order valence-electron chi connectivity index (χ3n) is 2.40. The van der Waals surface area contributed by atoms with Gasteiger partial charge in [0, 0.05) is 0 Å². The van der Waals surface area contributed by atoms with Gasteiger partial charge in [0.15, 0.2) is 0 Å². The summed E-state index contributed by atoms with van der Waals surface area (Å²) < 4.78 is 10.2. The third-order valence-corrected chi connectivity index (χ3v) is 2.40. The van der Waals surface area contributed by atoms with Crippen LogP contribution in [0.4, 0.5) is 0 Å². The van der Waals surface area contributed by atoms with Gasteiger partial charge in [0.1, 0.15) is 0 Å². The van der Waals surface area contributed by atoms with E-state index in [-0.39, 0.29) is 0 Å². The van der Waals surface area contributed by atoms with Gasteiger partial charge < -0.3 is 0 Å². The Hall–Kier alpha value is -0.830. The molecule has 10 heteroatoms. The second kappa shape index (κ2) is 6.80. The number of aliphatic hydroxyl groups is 2. The van der Waals surface area contributed by atoms with Crippen molar-refractivity contribution in [2.75, 3.05) is 13.7 Å². The van der Waals surface area contributed by atoms with Crippen LogP contribution in [0.15, 0.2) is 10.1 Å². The van der Waals surface area contributed by atoms with Crippen molar-refractivity contribution in [1.29, 1.82) is 0 Å². The van der Waals surface area contributed by atoms with E-state index in [1.807, 2.05) is 0 Å². The van der Waals surface area contributed by atoms with Crippen LogP contribution >= 0.6 is 0 Å². The van der Waals surface area contributed by atoms with Gasteiger partial charge in [-0.05, 0) is 0 Å². The first-order valence-corrected chi connectivity index (χ1v) is 4.78. The molecule has 0 amide bonds. The molecule has 2 radical (unpaired) electrons. The number of methoxy groups -OCH3 is 1. The van der Waals surface area contributed by atoms with Crippen molar-refractivity contribution in [3.05, 3.63) is 0 Å². The van der Waals surface area contributed by atoms with E-state index < -0.39 is 37.3 Å². The number of hydrogen-bond donors (Lipinski definition) is 2. The van der Waals surface area contributed by atoms with Gasteiger partial charge in [-0.3, -0.25) is 0 Å². The minimum absolute atomic E-state index is 0.433. The molecule has 8 nitrogen and oxygen atoms in total. The molecule has 0 saturated carbocycles. The molecular formula is C7H12B2N2O6. The van der Waals surface area contributed by atoms with Crippen molar-refractivity contribution in [1.82, 2.24) is 0 Å². The van der Waals surface area contributed by atoms with Gasteiger partial charge in [0.25, 0.3) is 0 Å². The Kier molecular flexibility index (Phi) is 5.69. The van der Waals surface area contributed by atoms with Crippen molar-refractivity contribution < 1.29 is 29.4 Å². The molecule has 0 aliphatic carbocycles. The summed E-state index contributed by atoms with van der Waals surface area (Å²) in [5, 5.41) is 24.8. The number of ether oxygens (including phenoxy) is 2. The maximum absolute atomic E-state index is 9.83. The van der Waals surface area contributed by atoms with E-state index >= 15 is 0 Å². The van der Waals surface area contributed by atoms with Crippen LogP contribution in [0.25, 0.3) is 0 Å². The summed E-state index contributed by atoms with van der Waals surface area (Å²) >= 11 is 0. The molecule has 5 atom stereocenters.